The molecule has 8 heteroatoms. The van der Waals surface area contributed by atoms with Gasteiger partial charge < -0.3 is 14.3 Å². The molecule has 0 saturated carbocycles. The molecule has 0 radical (unpaired) electrons. The van der Waals surface area contributed by atoms with Gasteiger partial charge in [-0.1, -0.05) is 12.2 Å². The zero-order valence-electron chi connectivity index (χ0n) is 15.5. The number of phenolic OH excluding ortho intramolecular Hbond substituents is 1. The first-order chi connectivity index (χ1) is 13.9. The molecule has 0 bridgehead atoms. The minimum absolute atomic E-state index is 0.0188. The molecule has 1 saturated heterocycles. The number of fused-ring (bicyclic) bond motifs is 2. The topological polar surface area (TPSA) is 114 Å². The molecular weight excluding hydrogens is 378 g/mol. The number of allylic oxidation sites excluding steroid dienone is 2. The third kappa shape index (κ3) is 3.65. The highest BCUT2D eigenvalue weighted by Gasteiger charge is 2.46. The number of nitrogens with zero attached hydrogens (tertiary/aromatic N) is 1. The van der Waals surface area contributed by atoms with Crippen LogP contribution in [-0.2, 0) is 25.7 Å². The normalized spacial score (nSPS) is 20.9. The van der Waals surface area contributed by atoms with Crippen LogP contribution in [0.25, 0.3) is 11.0 Å². The van der Waals surface area contributed by atoms with Gasteiger partial charge >= 0.3 is 11.6 Å². The Morgan fingerprint density at radius 3 is 2.48 bits per heavy atom. The summed E-state index contributed by atoms with van der Waals surface area (Å²) in [6.45, 7) is -0.183. The Hall–Kier alpha value is -3.42. The first-order valence-electron chi connectivity index (χ1n) is 9.35. The van der Waals surface area contributed by atoms with Crippen molar-refractivity contribution in [3.8, 4) is 5.75 Å². The summed E-state index contributed by atoms with van der Waals surface area (Å²) in [6, 6.07) is 5.53. The van der Waals surface area contributed by atoms with Crippen LogP contribution in [0.15, 0.2) is 45.6 Å². The van der Waals surface area contributed by atoms with E-state index in [9.17, 15) is 24.3 Å². The molecule has 2 heterocycles. The lowest BCUT2D eigenvalue weighted by molar-refractivity contribution is -0.146. The van der Waals surface area contributed by atoms with Gasteiger partial charge in [0.15, 0.2) is 0 Å². The van der Waals surface area contributed by atoms with Crippen molar-refractivity contribution < 1.29 is 28.6 Å². The van der Waals surface area contributed by atoms with E-state index in [1.54, 1.807) is 6.07 Å². The third-order valence-corrected chi connectivity index (χ3v) is 5.34. The van der Waals surface area contributed by atoms with Gasteiger partial charge in [0.25, 0.3) is 0 Å². The highest BCUT2D eigenvalue weighted by molar-refractivity contribution is 6.05. The number of esters is 1. The van der Waals surface area contributed by atoms with Gasteiger partial charge in [0.05, 0.1) is 18.3 Å². The van der Waals surface area contributed by atoms with Crippen LogP contribution in [0.1, 0.15) is 24.8 Å². The number of benzene rings is 1. The van der Waals surface area contributed by atoms with Gasteiger partial charge in [0.1, 0.15) is 17.9 Å². The van der Waals surface area contributed by atoms with E-state index in [4.69, 9.17) is 9.15 Å². The monoisotopic (exact) mass is 397 g/mol. The molecular formula is C21H19NO7. The number of likely N-dealkylation sites (tertiary alicyclic amines) is 1. The van der Waals surface area contributed by atoms with Crippen LogP contribution in [-0.4, -0.2) is 34.3 Å². The Morgan fingerprint density at radius 2 is 1.79 bits per heavy atom. The van der Waals surface area contributed by atoms with E-state index in [1.807, 2.05) is 12.2 Å². The second-order valence-electron chi connectivity index (χ2n) is 7.17. The summed E-state index contributed by atoms with van der Waals surface area (Å²) >= 11 is 0. The molecule has 1 aliphatic heterocycles. The number of amides is 2. The van der Waals surface area contributed by atoms with Crippen LogP contribution >= 0.6 is 0 Å². The fourth-order valence-electron chi connectivity index (χ4n) is 3.86. The van der Waals surface area contributed by atoms with Crippen molar-refractivity contribution in [3.63, 3.8) is 0 Å². The number of carbonyl (C=O) groups is 3. The van der Waals surface area contributed by atoms with Gasteiger partial charge in [-0.25, -0.2) is 4.79 Å². The third-order valence-electron chi connectivity index (χ3n) is 5.34. The van der Waals surface area contributed by atoms with Gasteiger partial charge in [-0.3, -0.25) is 19.3 Å². The Morgan fingerprint density at radius 1 is 1.10 bits per heavy atom. The number of imide groups is 1. The van der Waals surface area contributed by atoms with Crippen LogP contribution < -0.4 is 5.63 Å². The summed E-state index contributed by atoms with van der Waals surface area (Å²) in [5.41, 5.74) is 0.00154. The number of ether oxygens (including phenoxy) is 1. The molecule has 1 aliphatic carbocycles. The molecule has 4 rings (SSSR count). The lowest BCUT2D eigenvalue weighted by atomic mass is 9.85. The van der Waals surface area contributed by atoms with Crippen LogP contribution in [0.2, 0.25) is 0 Å². The number of aromatic hydroxyl groups is 1. The Balaban J connectivity index is 1.38. The van der Waals surface area contributed by atoms with Gasteiger partial charge in [0, 0.05) is 29.6 Å². The van der Waals surface area contributed by atoms with Crippen LogP contribution in [0.5, 0.6) is 5.75 Å². The standard InChI is InChI=1S/C21H19NO7/c23-13-5-6-14-12(9-19(25)29-17(14)10-13)11-28-18(24)7-8-22-20(26)15-3-1-2-4-16(15)21(22)27/h1-2,5-6,9-10,15-16,23H,3-4,7-8,11H2/t15-,16-/m0/s1. The number of rotatable bonds is 5. The van der Waals surface area contributed by atoms with Crippen molar-refractivity contribution in [3.05, 3.63) is 52.4 Å². The molecule has 1 N–H and O–H groups in total. The maximum Gasteiger partial charge on any atom is 0.336 e. The number of phenols is 1. The average molecular weight is 397 g/mol. The Bertz CT molecular complexity index is 1060. The number of hydrogen-bond acceptors (Lipinski definition) is 7. The maximum absolute atomic E-state index is 12.4. The predicted molar refractivity (Wildman–Crippen MR) is 101 cm³/mol. The van der Waals surface area contributed by atoms with Gasteiger partial charge in [-0.15, -0.1) is 0 Å². The van der Waals surface area contributed by atoms with Gasteiger partial charge in [0.2, 0.25) is 11.8 Å². The minimum Gasteiger partial charge on any atom is -0.508 e. The summed E-state index contributed by atoms with van der Waals surface area (Å²) in [5, 5.41) is 10.1. The molecule has 1 fully saturated rings. The summed E-state index contributed by atoms with van der Waals surface area (Å²) < 4.78 is 10.3. The van der Waals surface area contributed by atoms with E-state index in [2.05, 4.69) is 0 Å². The highest BCUT2D eigenvalue weighted by Crippen LogP contribution is 2.35. The zero-order valence-corrected chi connectivity index (χ0v) is 15.5. The maximum atomic E-state index is 12.4. The van der Waals surface area contributed by atoms with Gasteiger partial charge in [-0.2, -0.15) is 0 Å². The number of hydrogen-bond donors (Lipinski definition) is 1. The smallest absolute Gasteiger partial charge is 0.336 e. The second kappa shape index (κ2) is 7.54. The lowest BCUT2D eigenvalue weighted by Crippen LogP contribution is -2.33. The predicted octanol–water partition coefficient (Wildman–Crippen LogP) is 1.88. The van der Waals surface area contributed by atoms with E-state index < -0.39 is 11.6 Å². The molecule has 2 aliphatic rings. The molecule has 0 unspecified atom stereocenters. The van der Waals surface area contributed by atoms with Crippen molar-refractivity contribution in [1.82, 2.24) is 4.90 Å². The highest BCUT2D eigenvalue weighted by atomic mass is 16.5. The summed E-state index contributed by atoms with van der Waals surface area (Å²) in [6.07, 6.45) is 4.80. The average Bonchev–Trinajstić information content (AvgIpc) is 2.94. The SMILES string of the molecule is O=C(CCN1C(=O)[C@H]2CC=CC[C@@H]2C1=O)OCc1cc(=O)oc2cc(O)ccc12. The summed E-state index contributed by atoms with van der Waals surface area (Å²) in [4.78, 5) is 49.8. The van der Waals surface area contributed by atoms with Crippen molar-refractivity contribution in [2.75, 3.05) is 6.54 Å². The van der Waals surface area contributed by atoms with Crippen molar-refractivity contribution in [2.45, 2.75) is 25.9 Å². The van der Waals surface area contributed by atoms with E-state index in [0.29, 0.717) is 23.8 Å². The fraction of sp³-hybridized carbons (Fsp3) is 0.333. The first kappa shape index (κ1) is 18.9. The molecule has 0 spiro atoms. The van der Waals surface area contributed by atoms with Crippen LogP contribution in [0, 0.1) is 11.8 Å². The van der Waals surface area contributed by atoms with E-state index in [0.717, 1.165) is 4.90 Å². The molecule has 2 aromatic rings. The number of carbonyl (C=O) groups excluding carboxylic acids is 3. The Labute approximate surface area is 165 Å². The summed E-state index contributed by atoms with van der Waals surface area (Å²) in [7, 11) is 0. The summed E-state index contributed by atoms with van der Waals surface area (Å²) in [5.74, 6) is -1.75. The largest absolute Gasteiger partial charge is 0.508 e. The fourth-order valence-corrected chi connectivity index (χ4v) is 3.86. The molecule has 2 amide bonds. The molecule has 1 aromatic carbocycles. The van der Waals surface area contributed by atoms with E-state index in [1.165, 1.54) is 18.2 Å². The van der Waals surface area contributed by atoms with Crippen LogP contribution in [0.3, 0.4) is 0 Å². The molecule has 8 nitrogen and oxygen atoms in total. The van der Waals surface area contributed by atoms with Crippen molar-refractivity contribution in [2.24, 2.45) is 11.8 Å². The van der Waals surface area contributed by atoms with E-state index in [-0.39, 0.29) is 54.6 Å². The minimum atomic E-state index is -0.626. The molecule has 1 aromatic heterocycles. The van der Waals surface area contributed by atoms with Crippen molar-refractivity contribution in [1.29, 1.82) is 0 Å². The quantitative estimate of drug-likeness (QED) is 0.355. The molecule has 29 heavy (non-hydrogen) atoms. The second-order valence-corrected chi connectivity index (χ2v) is 7.17. The van der Waals surface area contributed by atoms with Crippen molar-refractivity contribution >= 4 is 28.8 Å². The first-order valence-corrected chi connectivity index (χ1v) is 9.35. The Kier molecular flexibility index (Phi) is 4.92. The van der Waals surface area contributed by atoms with Crippen LogP contribution in [0.4, 0.5) is 0 Å². The molecule has 2 atom stereocenters. The molecule has 150 valence electrons. The van der Waals surface area contributed by atoms with E-state index >= 15 is 0 Å². The lowest BCUT2D eigenvalue weighted by Gasteiger charge is -2.14. The van der Waals surface area contributed by atoms with Gasteiger partial charge in [-0.05, 0) is 25.0 Å². The zero-order chi connectivity index (χ0) is 20.5.